The van der Waals surface area contributed by atoms with Crippen LogP contribution in [0.5, 0.6) is 0 Å². The first-order valence-electron chi connectivity index (χ1n) is 4.26. The topological polar surface area (TPSA) is 32.6 Å². The van der Waals surface area contributed by atoms with Gasteiger partial charge in [0.2, 0.25) is 0 Å². The van der Waals surface area contributed by atoms with E-state index in [2.05, 4.69) is 11.6 Å². The predicted molar refractivity (Wildman–Crippen MR) is 53.5 cm³/mol. The second-order valence-electron chi connectivity index (χ2n) is 2.49. The molecule has 0 aliphatic rings. The highest BCUT2D eigenvalue weighted by Crippen LogP contribution is 2.16. The van der Waals surface area contributed by atoms with Gasteiger partial charge in [-0.15, -0.1) is 0 Å². The minimum absolute atomic E-state index is 0.248. The first-order chi connectivity index (χ1) is 5.67. The monoisotopic (exact) mass is 167 g/mol. The zero-order valence-corrected chi connectivity index (χ0v) is 8.09. The van der Waals surface area contributed by atoms with Gasteiger partial charge in [0.15, 0.2) is 0 Å². The Hall–Kier alpha value is -1.05. The standard InChI is InChI=1S/C10H17NO/c1-5-8(4)10(12)9(6-2)11-7-3/h7,12H,4-6H2,1-3H3/b10-9+,11-7?. The van der Waals surface area contributed by atoms with Crippen LogP contribution in [0.15, 0.2) is 28.6 Å². The Bertz CT molecular complexity index is 214. The fourth-order valence-corrected chi connectivity index (χ4v) is 0.847. The largest absolute Gasteiger partial charge is 0.506 e. The zero-order valence-electron chi connectivity index (χ0n) is 8.09. The summed E-state index contributed by atoms with van der Waals surface area (Å²) in [6.07, 6.45) is 3.17. The van der Waals surface area contributed by atoms with E-state index in [1.54, 1.807) is 6.21 Å². The van der Waals surface area contributed by atoms with Crippen molar-refractivity contribution >= 4 is 6.21 Å². The van der Waals surface area contributed by atoms with E-state index < -0.39 is 0 Å². The highest BCUT2D eigenvalue weighted by molar-refractivity contribution is 5.55. The van der Waals surface area contributed by atoms with E-state index in [-0.39, 0.29) is 5.76 Å². The average molecular weight is 167 g/mol. The summed E-state index contributed by atoms with van der Waals surface area (Å²) < 4.78 is 0. The summed E-state index contributed by atoms with van der Waals surface area (Å²) in [4.78, 5) is 4.06. The SMILES string of the molecule is C=C(CC)/C(O)=C(/CC)N=CC. The average Bonchev–Trinajstić information content (AvgIpc) is 2.11. The van der Waals surface area contributed by atoms with Crippen molar-refractivity contribution in [1.82, 2.24) is 0 Å². The van der Waals surface area contributed by atoms with Gasteiger partial charge in [-0.3, -0.25) is 4.99 Å². The van der Waals surface area contributed by atoms with E-state index in [1.165, 1.54) is 0 Å². The maximum Gasteiger partial charge on any atom is 0.139 e. The van der Waals surface area contributed by atoms with Crippen LogP contribution >= 0.6 is 0 Å². The summed E-state index contributed by atoms with van der Waals surface area (Å²) in [6, 6.07) is 0. The van der Waals surface area contributed by atoms with Crippen molar-refractivity contribution in [3.63, 3.8) is 0 Å². The molecule has 1 N–H and O–H groups in total. The number of aliphatic imine (C=N–C) groups is 1. The number of nitrogens with zero attached hydrogens (tertiary/aromatic N) is 1. The summed E-state index contributed by atoms with van der Waals surface area (Å²) in [5.41, 5.74) is 1.46. The number of rotatable bonds is 4. The number of hydrogen-bond acceptors (Lipinski definition) is 2. The first kappa shape index (κ1) is 11.0. The van der Waals surface area contributed by atoms with Gasteiger partial charge in [0.1, 0.15) is 5.76 Å². The van der Waals surface area contributed by atoms with Gasteiger partial charge < -0.3 is 5.11 Å². The fraction of sp³-hybridized carbons (Fsp3) is 0.500. The Balaban J connectivity index is 4.70. The molecule has 0 amide bonds. The molecule has 0 bridgehead atoms. The van der Waals surface area contributed by atoms with E-state index >= 15 is 0 Å². The number of hydrogen-bond donors (Lipinski definition) is 1. The molecule has 0 spiro atoms. The van der Waals surface area contributed by atoms with Crippen LogP contribution < -0.4 is 0 Å². The second kappa shape index (κ2) is 5.58. The number of aliphatic hydroxyl groups is 1. The summed E-state index contributed by atoms with van der Waals surface area (Å²) in [6.45, 7) is 9.49. The van der Waals surface area contributed by atoms with Crippen molar-refractivity contribution in [2.75, 3.05) is 0 Å². The smallest absolute Gasteiger partial charge is 0.139 e. The van der Waals surface area contributed by atoms with Crippen LogP contribution in [0, 0.1) is 0 Å². The molecule has 0 unspecified atom stereocenters. The van der Waals surface area contributed by atoms with Crippen LogP contribution in [0.4, 0.5) is 0 Å². The van der Waals surface area contributed by atoms with Crippen LogP contribution in [-0.4, -0.2) is 11.3 Å². The van der Waals surface area contributed by atoms with Gasteiger partial charge in [-0.05, 0) is 25.3 Å². The van der Waals surface area contributed by atoms with Gasteiger partial charge in [0.25, 0.3) is 0 Å². The van der Waals surface area contributed by atoms with Crippen molar-refractivity contribution in [2.45, 2.75) is 33.6 Å². The van der Waals surface area contributed by atoms with Crippen LogP contribution in [0.1, 0.15) is 33.6 Å². The van der Waals surface area contributed by atoms with Crippen molar-refractivity contribution < 1.29 is 5.11 Å². The lowest BCUT2D eigenvalue weighted by molar-refractivity contribution is 0.410. The molecule has 68 valence electrons. The van der Waals surface area contributed by atoms with Gasteiger partial charge in [-0.2, -0.15) is 0 Å². The molecule has 0 aromatic rings. The molecule has 2 heteroatoms. The quantitative estimate of drug-likeness (QED) is 0.389. The number of aliphatic hydroxyl groups excluding tert-OH is 1. The first-order valence-corrected chi connectivity index (χ1v) is 4.26. The van der Waals surface area contributed by atoms with Gasteiger partial charge in [0, 0.05) is 6.21 Å². The summed E-state index contributed by atoms with van der Waals surface area (Å²) in [5, 5.41) is 9.57. The van der Waals surface area contributed by atoms with Crippen molar-refractivity contribution in [3.8, 4) is 0 Å². The van der Waals surface area contributed by atoms with E-state index in [0.29, 0.717) is 5.70 Å². The molecular formula is C10H17NO. The Labute approximate surface area is 74.3 Å². The molecule has 0 saturated heterocycles. The summed E-state index contributed by atoms with van der Waals surface area (Å²) in [5.74, 6) is 0.248. The van der Waals surface area contributed by atoms with Crippen LogP contribution in [0.3, 0.4) is 0 Å². The maximum atomic E-state index is 9.57. The Morgan fingerprint density at radius 2 is 2.00 bits per heavy atom. The Morgan fingerprint density at radius 3 is 2.33 bits per heavy atom. The van der Waals surface area contributed by atoms with Crippen molar-refractivity contribution in [2.24, 2.45) is 4.99 Å². The summed E-state index contributed by atoms with van der Waals surface area (Å²) >= 11 is 0. The molecule has 0 rings (SSSR count). The second-order valence-corrected chi connectivity index (χ2v) is 2.49. The molecule has 0 atom stereocenters. The predicted octanol–water partition coefficient (Wildman–Crippen LogP) is 3.22. The van der Waals surface area contributed by atoms with E-state index in [9.17, 15) is 5.11 Å². The van der Waals surface area contributed by atoms with Gasteiger partial charge >= 0.3 is 0 Å². The van der Waals surface area contributed by atoms with E-state index in [1.807, 2.05) is 20.8 Å². The molecule has 12 heavy (non-hydrogen) atoms. The Kier molecular flexibility index (Phi) is 5.09. The normalized spacial score (nSPS) is 13.2. The third kappa shape index (κ3) is 2.91. The van der Waals surface area contributed by atoms with Gasteiger partial charge in [-0.25, -0.2) is 0 Å². The fourth-order valence-electron chi connectivity index (χ4n) is 0.847. The lowest BCUT2D eigenvalue weighted by Crippen LogP contribution is -1.91. The third-order valence-electron chi connectivity index (χ3n) is 1.65. The van der Waals surface area contributed by atoms with Crippen molar-refractivity contribution in [3.05, 3.63) is 23.6 Å². The lowest BCUT2D eigenvalue weighted by atomic mass is 10.1. The zero-order chi connectivity index (χ0) is 9.56. The van der Waals surface area contributed by atoms with Gasteiger partial charge in [-0.1, -0.05) is 20.4 Å². The molecule has 0 aliphatic carbocycles. The van der Waals surface area contributed by atoms with Crippen LogP contribution in [0.2, 0.25) is 0 Å². The molecule has 0 saturated carbocycles. The molecule has 0 radical (unpaired) electrons. The molecule has 0 aromatic heterocycles. The Morgan fingerprint density at radius 1 is 1.42 bits per heavy atom. The molecule has 2 nitrogen and oxygen atoms in total. The lowest BCUT2D eigenvalue weighted by Gasteiger charge is -2.04. The van der Waals surface area contributed by atoms with Crippen LogP contribution in [-0.2, 0) is 0 Å². The molecule has 0 fully saturated rings. The summed E-state index contributed by atoms with van der Waals surface area (Å²) in [7, 11) is 0. The third-order valence-corrected chi connectivity index (χ3v) is 1.65. The minimum atomic E-state index is 0.248. The van der Waals surface area contributed by atoms with Gasteiger partial charge in [0.05, 0.1) is 5.70 Å². The molecule has 0 aromatic carbocycles. The van der Waals surface area contributed by atoms with E-state index in [4.69, 9.17) is 0 Å². The molecule has 0 heterocycles. The highest BCUT2D eigenvalue weighted by Gasteiger charge is 2.03. The highest BCUT2D eigenvalue weighted by atomic mass is 16.3. The van der Waals surface area contributed by atoms with Crippen LogP contribution in [0.25, 0.3) is 0 Å². The molecular weight excluding hydrogens is 150 g/mol. The van der Waals surface area contributed by atoms with E-state index in [0.717, 1.165) is 18.4 Å². The number of allylic oxidation sites excluding steroid dienone is 2. The molecule has 0 aliphatic heterocycles. The van der Waals surface area contributed by atoms with Crippen molar-refractivity contribution in [1.29, 1.82) is 0 Å². The maximum absolute atomic E-state index is 9.57. The minimum Gasteiger partial charge on any atom is -0.506 e.